The van der Waals surface area contributed by atoms with Gasteiger partial charge in [-0.15, -0.1) is 11.6 Å². The largest absolute Gasteiger partial charge is 0.481 e. The molecule has 1 atom stereocenters. The van der Waals surface area contributed by atoms with Crippen LogP contribution in [0.3, 0.4) is 0 Å². The number of aliphatic carboxylic acids is 1. The van der Waals surface area contributed by atoms with E-state index in [4.69, 9.17) is 22.4 Å². The van der Waals surface area contributed by atoms with Crippen LogP contribution in [-0.2, 0) is 14.3 Å². The first-order valence-electron chi connectivity index (χ1n) is 3.25. The summed E-state index contributed by atoms with van der Waals surface area (Å²) < 4.78 is 4.48. The fourth-order valence-corrected chi connectivity index (χ4v) is 0.508. The Labute approximate surface area is 74.4 Å². The molecule has 0 saturated heterocycles. The number of esters is 1. The molecule has 3 N–H and O–H groups in total. The topological polar surface area (TPSA) is 89.6 Å². The molecule has 5 nitrogen and oxygen atoms in total. The molecule has 0 bridgehead atoms. The minimum absolute atomic E-state index is 0.0460. The number of carbonyl (C=O) groups excluding carboxylic acids is 1. The lowest BCUT2D eigenvalue weighted by Crippen LogP contribution is -2.29. The number of nitrogens with two attached hydrogens (primary N) is 1. The number of hydrogen-bond acceptors (Lipinski definition) is 4. The third-order valence-electron chi connectivity index (χ3n) is 0.952. The van der Waals surface area contributed by atoms with E-state index >= 15 is 0 Å². The van der Waals surface area contributed by atoms with E-state index in [9.17, 15) is 9.59 Å². The van der Waals surface area contributed by atoms with Crippen molar-refractivity contribution in [2.75, 3.05) is 12.5 Å². The van der Waals surface area contributed by atoms with Gasteiger partial charge in [0.1, 0.15) is 13.0 Å². The Balaban J connectivity index is 3.50. The van der Waals surface area contributed by atoms with Gasteiger partial charge in [-0.2, -0.15) is 0 Å². The highest BCUT2D eigenvalue weighted by Gasteiger charge is 2.10. The Bertz CT molecular complexity index is 173. The molecule has 0 aliphatic rings. The van der Waals surface area contributed by atoms with Gasteiger partial charge in [0, 0.05) is 5.88 Å². The maximum Gasteiger partial charge on any atom is 0.317 e. The third-order valence-corrected chi connectivity index (χ3v) is 1.35. The molecule has 0 fully saturated rings. The first-order valence-corrected chi connectivity index (χ1v) is 3.78. The van der Waals surface area contributed by atoms with E-state index in [0.29, 0.717) is 0 Å². The molecule has 0 heterocycles. The fraction of sp³-hybridized carbons (Fsp3) is 0.667. The van der Waals surface area contributed by atoms with Crippen LogP contribution in [0.1, 0.15) is 6.42 Å². The molecule has 0 rings (SSSR count). The van der Waals surface area contributed by atoms with Crippen molar-refractivity contribution in [2.24, 2.45) is 5.73 Å². The maximum absolute atomic E-state index is 10.6. The quantitative estimate of drug-likeness (QED) is 0.353. The number of halogens is 1. The number of rotatable bonds is 5. The van der Waals surface area contributed by atoms with Gasteiger partial charge < -0.3 is 15.6 Å². The van der Waals surface area contributed by atoms with Crippen LogP contribution in [0, 0.1) is 0 Å². The average Bonchev–Trinajstić information content (AvgIpc) is 1.99. The van der Waals surface area contributed by atoms with Gasteiger partial charge in [-0.3, -0.25) is 9.59 Å². The van der Waals surface area contributed by atoms with E-state index in [-0.39, 0.29) is 12.5 Å². The van der Waals surface area contributed by atoms with Crippen molar-refractivity contribution >= 4 is 23.5 Å². The zero-order valence-corrected chi connectivity index (χ0v) is 7.08. The highest BCUT2D eigenvalue weighted by atomic mass is 35.5. The summed E-state index contributed by atoms with van der Waals surface area (Å²) in [5.74, 6) is -1.86. The van der Waals surface area contributed by atoms with Crippen LogP contribution in [0.5, 0.6) is 0 Å². The number of carboxylic acid groups (broad SMARTS) is 1. The van der Waals surface area contributed by atoms with E-state index in [0.717, 1.165) is 0 Å². The van der Waals surface area contributed by atoms with Crippen molar-refractivity contribution in [3.05, 3.63) is 0 Å². The van der Waals surface area contributed by atoms with E-state index < -0.39 is 24.4 Å². The van der Waals surface area contributed by atoms with Crippen LogP contribution in [-0.4, -0.2) is 35.6 Å². The maximum atomic E-state index is 10.6. The van der Waals surface area contributed by atoms with Crippen LogP contribution in [0.15, 0.2) is 0 Å². The number of carboxylic acids is 1. The first kappa shape index (κ1) is 11.2. The molecule has 0 saturated carbocycles. The van der Waals surface area contributed by atoms with Gasteiger partial charge >= 0.3 is 11.9 Å². The van der Waals surface area contributed by atoms with Gasteiger partial charge in [-0.05, 0) is 0 Å². The Morgan fingerprint density at radius 3 is 2.58 bits per heavy atom. The molecule has 0 aromatic rings. The minimum atomic E-state index is -1.22. The average molecular weight is 196 g/mol. The summed E-state index contributed by atoms with van der Waals surface area (Å²) in [7, 11) is 0. The fourth-order valence-electron chi connectivity index (χ4n) is 0.419. The second-order valence-corrected chi connectivity index (χ2v) is 2.48. The van der Waals surface area contributed by atoms with E-state index in [1.807, 2.05) is 0 Å². The Kier molecular flexibility index (Phi) is 5.40. The number of carbonyl (C=O) groups is 2. The van der Waals surface area contributed by atoms with Crippen LogP contribution in [0.2, 0.25) is 0 Å². The van der Waals surface area contributed by atoms with Crippen molar-refractivity contribution in [3.8, 4) is 0 Å². The molecular formula is C6H10ClNO4. The van der Waals surface area contributed by atoms with Crippen molar-refractivity contribution in [3.63, 3.8) is 0 Å². The minimum Gasteiger partial charge on any atom is -0.481 e. The molecule has 0 amide bonds. The molecule has 1 unspecified atom stereocenters. The smallest absolute Gasteiger partial charge is 0.317 e. The molecule has 0 aromatic carbocycles. The van der Waals surface area contributed by atoms with Crippen molar-refractivity contribution in [1.82, 2.24) is 0 Å². The second-order valence-electron chi connectivity index (χ2n) is 2.17. The Hall–Kier alpha value is -0.810. The Morgan fingerprint density at radius 1 is 1.58 bits per heavy atom. The molecule has 0 aliphatic carbocycles. The van der Waals surface area contributed by atoms with Crippen LogP contribution in [0.4, 0.5) is 0 Å². The summed E-state index contributed by atoms with van der Waals surface area (Å²) in [6.07, 6.45) is -0.644. The summed E-state index contributed by atoms with van der Waals surface area (Å²) in [6.45, 7) is -0.0460. The number of alkyl halides is 1. The molecule has 0 spiro atoms. The lowest BCUT2D eigenvalue weighted by molar-refractivity contribution is -0.151. The molecule has 12 heavy (non-hydrogen) atoms. The summed E-state index contributed by atoms with van der Waals surface area (Å²) in [5, 5.41) is 8.15. The molecule has 0 aromatic heterocycles. The molecule has 6 heteroatoms. The first-order chi connectivity index (χ1) is 5.56. The van der Waals surface area contributed by atoms with Gasteiger partial charge in [-0.1, -0.05) is 0 Å². The molecule has 70 valence electrons. The SMILES string of the molecule is NC(CCl)COC(=O)CC(=O)O. The summed E-state index contributed by atoms with van der Waals surface area (Å²) in [5.41, 5.74) is 5.30. The van der Waals surface area contributed by atoms with Gasteiger partial charge in [0.2, 0.25) is 0 Å². The van der Waals surface area contributed by atoms with E-state index in [1.54, 1.807) is 0 Å². The molecule has 0 aliphatic heterocycles. The number of hydrogen-bond donors (Lipinski definition) is 2. The van der Waals surface area contributed by atoms with Gasteiger partial charge in [0.05, 0.1) is 6.04 Å². The van der Waals surface area contributed by atoms with Gasteiger partial charge in [0.25, 0.3) is 0 Å². The summed E-state index contributed by atoms with van der Waals surface area (Å²) in [6, 6.07) is -0.440. The normalized spacial score (nSPS) is 12.2. The number of ether oxygens (including phenoxy) is 1. The second kappa shape index (κ2) is 5.79. The van der Waals surface area contributed by atoms with Crippen molar-refractivity contribution < 1.29 is 19.4 Å². The van der Waals surface area contributed by atoms with Crippen LogP contribution >= 0.6 is 11.6 Å². The Morgan fingerprint density at radius 2 is 2.17 bits per heavy atom. The monoisotopic (exact) mass is 195 g/mol. The summed E-state index contributed by atoms with van der Waals surface area (Å²) in [4.78, 5) is 20.5. The predicted molar refractivity (Wildman–Crippen MR) is 41.9 cm³/mol. The molecule has 0 radical (unpaired) electrons. The van der Waals surface area contributed by atoms with E-state index in [2.05, 4.69) is 4.74 Å². The van der Waals surface area contributed by atoms with Gasteiger partial charge in [-0.25, -0.2) is 0 Å². The zero-order chi connectivity index (χ0) is 9.56. The third kappa shape index (κ3) is 5.94. The van der Waals surface area contributed by atoms with Gasteiger partial charge in [0.15, 0.2) is 0 Å². The lowest BCUT2D eigenvalue weighted by atomic mass is 10.4. The standard InChI is InChI=1S/C6H10ClNO4/c7-2-4(8)3-12-6(11)1-5(9)10/h4H,1-3,8H2,(H,9,10). The predicted octanol–water partition coefficient (Wildman–Crippen LogP) is -0.430. The highest BCUT2D eigenvalue weighted by molar-refractivity contribution is 6.18. The lowest BCUT2D eigenvalue weighted by Gasteiger charge is -2.07. The van der Waals surface area contributed by atoms with Crippen LogP contribution in [0.25, 0.3) is 0 Å². The molecular weight excluding hydrogens is 186 g/mol. The highest BCUT2D eigenvalue weighted by Crippen LogP contribution is 1.90. The van der Waals surface area contributed by atoms with Crippen molar-refractivity contribution in [1.29, 1.82) is 0 Å². The van der Waals surface area contributed by atoms with Crippen molar-refractivity contribution in [2.45, 2.75) is 12.5 Å². The summed E-state index contributed by atoms with van der Waals surface area (Å²) >= 11 is 5.31. The van der Waals surface area contributed by atoms with Crippen LogP contribution < -0.4 is 5.73 Å². The zero-order valence-electron chi connectivity index (χ0n) is 6.33. The van der Waals surface area contributed by atoms with E-state index in [1.165, 1.54) is 0 Å².